The summed E-state index contributed by atoms with van der Waals surface area (Å²) >= 11 is 0. The zero-order valence-corrected chi connectivity index (χ0v) is 16.7. The molecule has 5 heteroatoms. The summed E-state index contributed by atoms with van der Waals surface area (Å²) in [5, 5.41) is 0. The molecule has 0 aromatic heterocycles. The lowest BCUT2D eigenvalue weighted by Gasteiger charge is -2.50. The van der Waals surface area contributed by atoms with Crippen LogP contribution in [0, 0.1) is 5.92 Å². The number of Topliss-reactive ketones (excluding diaryl/α,β-unsaturated/α-hetero) is 1. The van der Waals surface area contributed by atoms with Gasteiger partial charge >= 0.3 is 0 Å². The second-order valence-corrected chi connectivity index (χ2v) is 7.14. The van der Waals surface area contributed by atoms with Crippen molar-refractivity contribution in [2.24, 2.45) is 5.92 Å². The van der Waals surface area contributed by atoms with Crippen LogP contribution in [0.3, 0.4) is 0 Å². The standard InChI is InChI=1S/C23H29NO4/c1-5-12-26-15-20-23(27-13-6-2)19-14-21(28-20)24(16(3)22(19)17(4)25)18-10-8-7-9-11-18/h5-11,19-21,23H,1-2,12-15H2,3-4H3/t19?,20-,21?,23+/m1/s1. The van der Waals surface area contributed by atoms with Gasteiger partial charge in [0.25, 0.3) is 0 Å². The van der Waals surface area contributed by atoms with Crippen molar-refractivity contribution in [1.82, 2.24) is 0 Å². The molecule has 2 bridgehead atoms. The molecule has 4 atom stereocenters. The van der Waals surface area contributed by atoms with Crippen LogP contribution in [-0.4, -0.2) is 44.0 Å². The molecule has 1 aromatic rings. The summed E-state index contributed by atoms with van der Waals surface area (Å²) < 4.78 is 18.2. The van der Waals surface area contributed by atoms with Gasteiger partial charge in [-0.25, -0.2) is 0 Å². The van der Waals surface area contributed by atoms with Gasteiger partial charge < -0.3 is 19.1 Å². The van der Waals surface area contributed by atoms with Gasteiger partial charge in [-0.15, -0.1) is 13.2 Å². The fourth-order valence-electron chi connectivity index (χ4n) is 4.28. The topological polar surface area (TPSA) is 48.0 Å². The Balaban J connectivity index is 2.00. The van der Waals surface area contributed by atoms with E-state index in [0.717, 1.165) is 17.0 Å². The van der Waals surface area contributed by atoms with Crippen molar-refractivity contribution in [3.05, 3.63) is 66.9 Å². The van der Waals surface area contributed by atoms with Gasteiger partial charge in [-0.05, 0) is 26.0 Å². The van der Waals surface area contributed by atoms with Crippen molar-refractivity contribution in [2.45, 2.75) is 38.7 Å². The first-order valence-corrected chi connectivity index (χ1v) is 9.71. The zero-order valence-electron chi connectivity index (χ0n) is 16.7. The highest BCUT2D eigenvalue weighted by Crippen LogP contribution is 2.43. The van der Waals surface area contributed by atoms with E-state index < -0.39 is 0 Å². The van der Waals surface area contributed by atoms with E-state index in [0.29, 0.717) is 26.2 Å². The van der Waals surface area contributed by atoms with Crippen molar-refractivity contribution in [1.29, 1.82) is 0 Å². The molecule has 5 nitrogen and oxygen atoms in total. The SMILES string of the molecule is C=CCOC[C@H]1OC2CC(C(C(C)=O)=C(C)N2c2ccccc2)[C@@H]1OCC=C. The third-order valence-corrected chi connectivity index (χ3v) is 5.30. The molecule has 2 unspecified atom stereocenters. The quantitative estimate of drug-likeness (QED) is 0.478. The predicted octanol–water partition coefficient (Wildman–Crippen LogP) is 3.87. The average molecular weight is 383 g/mol. The number of benzene rings is 1. The molecule has 150 valence electrons. The van der Waals surface area contributed by atoms with Crippen LogP contribution in [0.15, 0.2) is 66.9 Å². The molecule has 0 N–H and O–H groups in total. The van der Waals surface area contributed by atoms with E-state index in [2.05, 4.69) is 18.1 Å². The minimum Gasteiger partial charge on any atom is -0.375 e. The van der Waals surface area contributed by atoms with Gasteiger partial charge in [-0.2, -0.15) is 0 Å². The number of carbonyl (C=O) groups excluding carboxylic acids is 1. The lowest BCUT2D eigenvalue weighted by Crippen LogP contribution is -2.58. The highest BCUT2D eigenvalue weighted by molar-refractivity contribution is 5.95. The van der Waals surface area contributed by atoms with Crippen molar-refractivity contribution in [3.63, 3.8) is 0 Å². The van der Waals surface area contributed by atoms with Crippen LogP contribution >= 0.6 is 0 Å². The Morgan fingerprint density at radius 3 is 2.61 bits per heavy atom. The van der Waals surface area contributed by atoms with Crippen LogP contribution in [0.1, 0.15) is 20.3 Å². The molecule has 0 amide bonds. The number of hydrogen-bond donors (Lipinski definition) is 0. The summed E-state index contributed by atoms with van der Waals surface area (Å²) in [6.07, 6.45) is 3.42. The highest BCUT2D eigenvalue weighted by atomic mass is 16.6. The molecule has 1 saturated heterocycles. The maximum absolute atomic E-state index is 12.6. The van der Waals surface area contributed by atoms with Crippen molar-refractivity contribution in [3.8, 4) is 0 Å². The molecule has 0 aliphatic carbocycles. The smallest absolute Gasteiger partial charge is 0.157 e. The van der Waals surface area contributed by atoms with Crippen LogP contribution in [0.25, 0.3) is 0 Å². The van der Waals surface area contributed by atoms with Crippen LogP contribution in [-0.2, 0) is 19.0 Å². The van der Waals surface area contributed by atoms with E-state index >= 15 is 0 Å². The average Bonchev–Trinajstić information content (AvgIpc) is 2.68. The number of fused-ring (bicyclic) bond motifs is 2. The Labute approximate surface area is 167 Å². The Kier molecular flexibility index (Phi) is 6.83. The largest absolute Gasteiger partial charge is 0.375 e. The minimum absolute atomic E-state index is 0.0338. The summed E-state index contributed by atoms with van der Waals surface area (Å²) in [7, 11) is 0. The molecule has 2 aliphatic rings. The number of para-hydroxylation sites is 1. The minimum atomic E-state index is -0.280. The number of ether oxygens (including phenoxy) is 3. The summed E-state index contributed by atoms with van der Waals surface area (Å²) in [6, 6.07) is 10.0. The second-order valence-electron chi connectivity index (χ2n) is 7.14. The molecule has 0 spiro atoms. The number of nitrogens with zero attached hydrogens (tertiary/aromatic N) is 1. The lowest BCUT2D eigenvalue weighted by atomic mass is 9.78. The van der Waals surface area contributed by atoms with Crippen LogP contribution in [0.4, 0.5) is 5.69 Å². The van der Waals surface area contributed by atoms with E-state index in [1.807, 2.05) is 37.3 Å². The molecule has 28 heavy (non-hydrogen) atoms. The van der Waals surface area contributed by atoms with Crippen LogP contribution in [0.2, 0.25) is 0 Å². The predicted molar refractivity (Wildman–Crippen MR) is 110 cm³/mol. The van der Waals surface area contributed by atoms with Gasteiger partial charge in [-0.1, -0.05) is 30.4 Å². The zero-order chi connectivity index (χ0) is 20.1. The molecule has 2 heterocycles. The van der Waals surface area contributed by atoms with Gasteiger partial charge in [0, 0.05) is 29.3 Å². The Hall–Kier alpha value is -2.21. The number of rotatable bonds is 9. The molecule has 1 aromatic carbocycles. The number of anilines is 1. The van der Waals surface area contributed by atoms with Gasteiger partial charge in [0.05, 0.1) is 25.9 Å². The van der Waals surface area contributed by atoms with Gasteiger partial charge in [-0.3, -0.25) is 4.79 Å². The second kappa shape index (κ2) is 9.32. The van der Waals surface area contributed by atoms with E-state index in [-0.39, 0.29) is 30.1 Å². The monoisotopic (exact) mass is 383 g/mol. The van der Waals surface area contributed by atoms with Gasteiger partial charge in [0.1, 0.15) is 12.3 Å². The van der Waals surface area contributed by atoms with Gasteiger partial charge in [0.15, 0.2) is 5.78 Å². The van der Waals surface area contributed by atoms with Crippen molar-refractivity contribution >= 4 is 11.5 Å². The first-order chi connectivity index (χ1) is 13.6. The van der Waals surface area contributed by atoms with Crippen LogP contribution in [0.5, 0.6) is 0 Å². The number of allylic oxidation sites excluding steroid dienone is 1. The van der Waals surface area contributed by atoms with E-state index in [1.54, 1.807) is 19.1 Å². The lowest BCUT2D eigenvalue weighted by molar-refractivity contribution is -0.176. The number of carbonyl (C=O) groups is 1. The van der Waals surface area contributed by atoms with E-state index in [9.17, 15) is 4.79 Å². The fraction of sp³-hybridized carbons (Fsp3) is 0.435. The Morgan fingerprint density at radius 2 is 1.96 bits per heavy atom. The molecular weight excluding hydrogens is 354 g/mol. The first-order valence-electron chi connectivity index (χ1n) is 9.71. The third-order valence-electron chi connectivity index (χ3n) is 5.30. The normalized spacial score (nSPS) is 26.9. The first kappa shape index (κ1) is 20.5. The maximum atomic E-state index is 12.6. The summed E-state index contributed by atoms with van der Waals surface area (Å²) in [5.41, 5.74) is 2.75. The van der Waals surface area contributed by atoms with Crippen LogP contribution < -0.4 is 4.90 Å². The number of hydrogen-bond acceptors (Lipinski definition) is 5. The molecule has 1 fully saturated rings. The maximum Gasteiger partial charge on any atom is 0.157 e. The molecular formula is C23H29NO4. The Bertz CT molecular complexity index is 742. The summed E-state index contributed by atoms with van der Waals surface area (Å²) in [6.45, 7) is 12.3. The fourth-order valence-corrected chi connectivity index (χ4v) is 4.28. The molecule has 2 aliphatic heterocycles. The molecule has 0 saturated carbocycles. The highest BCUT2D eigenvalue weighted by Gasteiger charge is 2.48. The van der Waals surface area contributed by atoms with E-state index in [4.69, 9.17) is 14.2 Å². The Morgan fingerprint density at radius 1 is 1.25 bits per heavy atom. The van der Waals surface area contributed by atoms with E-state index in [1.165, 1.54) is 0 Å². The third kappa shape index (κ3) is 4.12. The van der Waals surface area contributed by atoms with Crippen molar-refractivity contribution < 1.29 is 19.0 Å². The summed E-state index contributed by atoms with van der Waals surface area (Å²) in [4.78, 5) is 14.7. The summed E-state index contributed by atoms with van der Waals surface area (Å²) in [5.74, 6) is 0.0373. The molecule has 3 rings (SSSR count). The molecule has 0 radical (unpaired) electrons. The van der Waals surface area contributed by atoms with Crippen molar-refractivity contribution in [2.75, 3.05) is 24.7 Å². The number of ketones is 1. The van der Waals surface area contributed by atoms with Gasteiger partial charge in [0.2, 0.25) is 0 Å².